The number of amidine groups is 1. The van der Waals surface area contributed by atoms with Gasteiger partial charge in [-0.25, -0.2) is 4.63 Å². The van der Waals surface area contributed by atoms with Crippen LogP contribution in [0.25, 0.3) is 0 Å². The first-order chi connectivity index (χ1) is 8.58. The van der Waals surface area contributed by atoms with Crippen molar-refractivity contribution in [1.82, 2.24) is 15.6 Å². The van der Waals surface area contributed by atoms with Gasteiger partial charge in [0.1, 0.15) is 6.61 Å². The molecule has 0 aliphatic carbocycles. The van der Waals surface area contributed by atoms with Gasteiger partial charge in [0.15, 0.2) is 5.84 Å². The number of hydrogen-bond donors (Lipinski definition) is 4. The lowest BCUT2D eigenvalue weighted by Gasteiger charge is -2.14. The van der Waals surface area contributed by atoms with Crippen LogP contribution in [0.15, 0.2) is 9.78 Å². The molecule has 0 aliphatic heterocycles. The normalized spacial score (nSPS) is 13.1. The number of carbonyl (C=O) groups excluding carboxylic acids is 1. The number of carbonyl (C=O) groups is 1. The molecule has 10 heteroatoms. The first kappa shape index (κ1) is 13.7. The Morgan fingerprint density at radius 2 is 2.39 bits per heavy atom. The number of nitrogens with one attached hydrogen (secondary N) is 1. The molecule has 1 amide bonds. The number of oxime groups is 1. The summed E-state index contributed by atoms with van der Waals surface area (Å²) in [5.74, 6) is -0.743. The van der Waals surface area contributed by atoms with E-state index in [2.05, 4.69) is 25.4 Å². The van der Waals surface area contributed by atoms with Crippen molar-refractivity contribution in [2.24, 2.45) is 10.9 Å². The molecule has 1 aromatic heterocycles. The molecule has 10 nitrogen and oxygen atoms in total. The number of hydrogen-bond acceptors (Lipinski definition) is 8. The van der Waals surface area contributed by atoms with Crippen molar-refractivity contribution in [3.63, 3.8) is 0 Å². The predicted molar refractivity (Wildman–Crippen MR) is 57.0 cm³/mol. The van der Waals surface area contributed by atoms with Crippen LogP contribution in [0, 0.1) is 0 Å². The fraction of sp³-hybridized carbons (Fsp3) is 0.500. The van der Waals surface area contributed by atoms with Crippen LogP contribution in [0.3, 0.4) is 0 Å². The maximum Gasteiger partial charge on any atom is 0.287 e. The Kier molecular flexibility index (Phi) is 4.87. The van der Waals surface area contributed by atoms with Gasteiger partial charge in [-0.05, 0) is 10.3 Å². The van der Waals surface area contributed by atoms with E-state index >= 15 is 0 Å². The molecule has 1 aromatic rings. The van der Waals surface area contributed by atoms with Gasteiger partial charge in [-0.2, -0.15) is 0 Å². The lowest BCUT2D eigenvalue weighted by molar-refractivity contribution is -0.120. The average molecular weight is 259 g/mol. The number of ether oxygens (including phenoxy) is 1. The number of nitrogens with zero attached hydrogens (tertiary/aromatic N) is 3. The van der Waals surface area contributed by atoms with Gasteiger partial charge in [-0.1, -0.05) is 5.16 Å². The van der Waals surface area contributed by atoms with Gasteiger partial charge in [0.05, 0.1) is 12.6 Å². The third-order valence-electron chi connectivity index (χ3n) is 1.86. The van der Waals surface area contributed by atoms with Gasteiger partial charge >= 0.3 is 0 Å². The summed E-state index contributed by atoms with van der Waals surface area (Å²) in [6.07, 6.45) is 0. The van der Waals surface area contributed by atoms with Gasteiger partial charge in [-0.15, -0.1) is 0 Å². The number of amides is 1. The highest BCUT2D eigenvalue weighted by Gasteiger charge is 2.18. The van der Waals surface area contributed by atoms with E-state index in [0.29, 0.717) is 0 Å². The molecule has 0 aromatic carbocycles. The number of aromatic nitrogens is 2. The summed E-state index contributed by atoms with van der Waals surface area (Å²) < 4.78 is 9.51. The van der Waals surface area contributed by atoms with Crippen molar-refractivity contribution in [2.45, 2.75) is 13.0 Å². The highest BCUT2D eigenvalue weighted by molar-refractivity contribution is 5.96. The zero-order valence-electron chi connectivity index (χ0n) is 9.53. The minimum atomic E-state index is -0.612. The quantitative estimate of drug-likeness (QED) is 0.198. The summed E-state index contributed by atoms with van der Waals surface area (Å²) in [4.78, 5) is 10.8. The molecule has 5 N–H and O–H groups in total. The summed E-state index contributed by atoms with van der Waals surface area (Å²) in [5, 5.41) is 29.4. The molecular formula is C8H13N5O5. The van der Waals surface area contributed by atoms with E-state index < -0.39 is 6.04 Å². The molecule has 1 unspecified atom stereocenters. The van der Waals surface area contributed by atoms with Crippen LogP contribution in [0.1, 0.15) is 12.6 Å². The Hall–Kier alpha value is -2.36. The molecule has 1 heterocycles. The van der Waals surface area contributed by atoms with Crippen LogP contribution >= 0.6 is 0 Å². The summed E-state index contributed by atoms with van der Waals surface area (Å²) in [7, 11) is 0. The molecule has 0 bridgehead atoms. The Bertz CT molecular complexity index is 431. The van der Waals surface area contributed by atoms with Crippen molar-refractivity contribution in [3.8, 4) is 5.88 Å². The maximum atomic E-state index is 10.8. The zero-order chi connectivity index (χ0) is 13.5. The number of nitrogens with two attached hydrogens (primary N) is 1. The molecule has 0 saturated carbocycles. The molecule has 1 atom stereocenters. The van der Waals surface area contributed by atoms with E-state index in [4.69, 9.17) is 20.8 Å². The van der Waals surface area contributed by atoms with Crippen LogP contribution in [-0.4, -0.2) is 51.6 Å². The monoisotopic (exact) mass is 259 g/mol. The van der Waals surface area contributed by atoms with Gasteiger partial charge in [0.25, 0.3) is 5.88 Å². The second-order valence-corrected chi connectivity index (χ2v) is 3.29. The van der Waals surface area contributed by atoms with E-state index in [9.17, 15) is 4.79 Å². The summed E-state index contributed by atoms with van der Waals surface area (Å²) >= 11 is 0. The van der Waals surface area contributed by atoms with Crippen molar-refractivity contribution in [1.29, 1.82) is 0 Å². The number of aliphatic hydroxyl groups excluding tert-OH is 1. The Balaban J connectivity index is 2.62. The van der Waals surface area contributed by atoms with Crippen LogP contribution in [0.5, 0.6) is 5.88 Å². The second kappa shape index (κ2) is 6.39. The van der Waals surface area contributed by atoms with Crippen molar-refractivity contribution < 1.29 is 24.5 Å². The molecule has 0 aliphatic rings. The van der Waals surface area contributed by atoms with Crippen LogP contribution in [0.4, 0.5) is 0 Å². The minimum Gasteiger partial charge on any atom is -0.472 e. The fourth-order valence-corrected chi connectivity index (χ4v) is 1.09. The van der Waals surface area contributed by atoms with E-state index in [-0.39, 0.29) is 36.5 Å². The molecule has 0 radical (unpaired) electrons. The van der Waals surface area contributed by atoms with E-state index in [1.165, 1.54) is 6.92 Å². The van der Waals surface area contributed by atoms with Crippen molar-refractivity contribution >= 4 is 11.7 Å². The molecule has 0 fully saturated rings. The lowest BCUT2D eigenvalue weighted by Crippen LogP contribution is -2.40. The second-order valence-electron chi connectivity index (χ2n) is 3.29. The SMILES string of the molecule is CC(=O)NC(CO)COc1nonc1/C(N)=N/O. The van der Waals surface area contributed by atoms with Crippen molar-refractivity contribution in [3.05, 3.63) is 5.69 Å². The van der Waals surface area contributed by atoms with Crippen LogP contribution in [-0.2, 0) is 4.79 Å². The van der Waals surface area contributed by atoms with E-state index in [1.807, 2.05) is 0 Å². The highest BCUT2D eigenvalue weighted by Crippen LogP contribution is 2.12. The molecule has 0 spiro atoms. The standard InChI is InChI=1S/C8H13N5O5/c1-4(15)10-5(2-14)3-17-8-6(7(9)11-16)12-18-13-8/h5,14,16H,2-3H2,1H3,(H2,9,11)(H,10,15). The van der Waals surface area contributed by atoms with Gasteiger partial charge in [-0.3, -0.25) is 4.79 Å². The third-order valence-corrected chi connectivity index (χ3v) is 1.86. The van der Waals surface area contributed by atoms with E-state index in [1.54, 1.807) is 0 Å². The molecule has 0 saturated heterocycles. The molecular weight excluding hydrogens is 246 g/mol. The summed E-state index contributed by atoms with van der Waals surface area (Å²) in [5.41, 5.74) is 5.23. The number of aliphatic hydroxyl groups is 1. The number of rotatable bonds is 6. The van der Waals surface area contributed by atoms with Crippen molar-refractivity contribution in [2.75, 3.05) is 13.2 Å². The third kappa shape index (κ3) is 3.59. The Morgan fingerprint density at radius 3 is 2.94 bits per heavy atom. The maximum absolute atomic E-state index is 10.8. The Labute approximate surface area is 101 Å². The Morgan fingerprint density at radius 1 is 1.67 bits per heavy atom. The van der Waals surface area contributed by atoms with Gasteiger partial charge in [0.2, 0.25) is 11.6 Å². The van der Waals surface area contributed by atoms with Crippen LogP contribution in [0.2, 0.25) is 0 Å². The average Bonchev–Trinajstić information content (AvgIpc) is 2.81. The minimum absolute atomic E-state index is 0.0722. The largest absolute Gasteiger partial charge is 0.472 e. The molecule has 100 valence electrons. The topological polar surface area (TPSA) is 156 Å². The van der Waals surface area contributed by atoms with Gasteiger partial charge < -0.3 is 26.1 Å². The fourth-order valence-electron chi connectivity index (χ4n) is 1.09. The smallest absolute Gasteiger partial charge is 0.287 e. The lowest BCUT2D eigenvalue weighted by atomic mass is 10.3. The summed E-state index contributed by atoms with van der Waals surface area (Å²) in [6.45, 7) is 0.919. The first-order valence-corrected chi connectivity index (χ1v) is 4.89. The summed E-state index contributed by atoms with van der Waals surface area (Å²) in [6, 6.07) is -0.612. The van der Waals surface area contributed by atoms with E-state index in [0.717, 1.165) is 0 Å². The van der Waals surface area contributed by atoms with Crippen LogP contribution < -0.4 is 15.8 Å². The molecule has 1 rings (SSSR count). The molecule has 18 heavy (non-hydrogen) atoms. The zero-order valence-corrected chi connectivity index (χ0v) is 9.53. The first-order valence-electron chi connectivity index (χ1n) is 4.89. The highest BCUT2D eigenvalue weighted by atomic mass is 16.6. The predicted octanol–water partition coefficient (Wildman–Crippen LogP) is -1.96. The van der Waals surface area contributed by atoms with Gasteiger partial charge in [0, 0.05) is 6.92 Å².